The molecule has 1 aromatic carbocycles. The number of benzene rings is 1. The van der Waals surface area contributed by atoms with Crippen molar-refractivity contribution >= 4 is 5.91 Å². The Bertz CT molecular complexity index is 622. The van der Waals surface area contributed by atoms with Crippen LogP contribution in [0.3, 0.4) is 0 Å². The molecule has 0 spiro atoms. The summed E-state index contributed by atoms with van der Waals surface area (Å²) in [6.45, 7) is 2.77. The van der Waals surface area contributed by atoms with Crippen LogP contribution in [0.1, 0.15) is 18.4 Å². The number of amides is 1. The average molecular weight is 318 g/mol. The molecule has 0 saturated carbocycles. The van der Waals surface area contributed by atoms with E-state index in [1.807, 2.05) is 12.1 Å². The van der Waals surface area contributed by atoms with Crippen molar-refractivity contribution in [3.05, 3.63) is 42.0 Å². The molecular weight excluding hydrogens is 299 g/mol. The van der Waals surface area contributed by atoms with Crippen LogP contribution in [0.5, 0.6) is 0 Å². The van der Waals surface area contributed by atoms with Gasteiger partial charge in [0, 0.05) is 25.7 Å². The number of likely N-dealkylation sites (tertiary alicyclic amines) is 1. The molecule has 0 aliphatic carbocycles. The second kappa shape index (κ2) is 7.28. The van der Waals surface area contributed by atoms with Crippen LogP contribution in [0, 0.1) is 5.82 Å². The maximum Gasteiger partial charge on any atom is 0.242 e. The summed E-state index contributed by atoms with van der Waals surface area (Å²) in [6.07, 6.45) is 3.23. The number of halogens is 1. The highest BCUT2D eigenvalue weighted by Gasteiger charge is 2.20. The number of carbonyl (C=O) groups is 1. The number of aromatic nitrogens is 4. The summed E-state index contributed by atoms with van der Waals surface area (Å²) < 4.78 is 14.3. The second-order valence-electron chi connectivity index (χ2n) is 5.75. The van der Waals surface area contributed by atoms with Gasteiger partial charge < -0.3 is 5.32 Å². The molecule has 23 heavy (non-hydrogen) atoms. The minimum atomic E-state index is -0.210. The van der Waals surface area contributed by atoms with E-state index in [2.05, 4.69) is 25.7 Å². The van der Waals surface area contributed by atoms with Crippen molar-refractivity contribution in [2.45, 2.75) is 32.0 Å². The summed E-state index contributed by atoms with van der Waals surface area (Å²) in [5.41, 5.74) is 1.10. The van der Waals surface area contributed by atoms with Gasteiger partial charge >= 0.3 is 0 Å². The van der Waals surface area contributed by atoms with E-state index in [4.69, 9.17) is 0 Å². The Morgan fingerprint density at radius 2 is 2.00 bits per heavy atom. The normalized spacial score (nSPS) is 16.4. The van der Waals surface area contributed by atoms with Crippen LogP contribution < -0.4 is 5.32 Å². The average Bonchev–Trinajstić information content (AvgIpc) is 3.04. The molecular formula is C15H19FN6O. The van der Waals surface area contributed by atoms with Gasteiger partial charge in [-0.1, -0.05) is 12.1 Å². The Morgan fingerprint density at radius 1 is 1.26 bits per heavy atom. The number of hydrogen-bond acceptors (Lipinski definition) is 5. The van der Waals surface area contributed by atoms with Crippen molar-refractivity contribution in [2.24, 2.45) is 0 Å². The summed E-state index contributed by atoms with van der Waals surface area (Å²) in [5.74, 6) is -0.285. The van der Waals surface area contributed by atoms with E-state index in [1.165, 1.54) is 23.1 Å². The van der Waals surface area contributed by atoms with E-state index in [0.717, 1.165) is 38.0 Å². The fourth-order valence-corrected chi connectivity index (χ4v) is 2.76. The fraction of sp³-hybridized carbons (Fsp3) is 0.467. The zero-order valence-electron chi connectivity index (χ0n) is 12.7. The highest BCUT2D eigenvalue weighted by molar-refractivity contribution is 5.75. The lowest BCUT2D eigenvalue weighted by Crippen LogP contribution is -2.45. The third-order valence-corrected chi connectivity index (χ3v) is 3.97. The van der Waals surface area contributed by atoms with E-state index in [0.29, 0.717) is 0 Å². The molecule has 1 N–H and O–H groups in total. The smallest absolute Gasteiger partial charge is 0.242 e. The molecule has 7 nitrogen and oxygen atoms in total. The van der Waals surface area contributed by atoms with Crippen LogP contribution >= 0.6 is 0 Å². The number of rotatable bonds is 5. The maximum absolute atomic E-state index is 12.9. The van der Waals surface area contributed by atoms with Crippen molar-refractivity contribution in [1.82, 2.24) is 30.4 Å². The van der Waals surface area contributed by atoms with Crippen molar-refractivity contribution in [3.63, 3.8) is 0 Å². The van der Waals surface area contributed by atoms with Crippen molar-refractivity contribution in [1.29, 1.82) is 0 Å². The molecule has 8 heteroatoms. The molecule has 0 unspecified atom stereocenters. The van der Waals surface area contributed by atoms with Gasteiger partial charge in [0.1, 0.15) is 18.7 Å². The lowest BCUT2D eigenvalue weighted by Gasteiger charge is -2.32. The first-order valence-electron chi connectivity index (χ1n) is 7.66. The van der Waals surface area contributed by atoms with Gasteiger partial charge in [0.2, 0.25) is 5.91 Å². The van der Waals surface area contributed by atoms with Crippen LogP contribution in [-0.4, -0.2) is 50.1 Å². The first kappa shape index (κ1) is 15.5. The highest BCUT2D eigenvalue weighted by Crippen LogP contribution is 2.14. The summed E-state index contributed by atoms with van der Waals surface area (Å²) in [4.78, 5) is 14.2. The molecule has 1 fully saturated rings. The maximum atomic E-state index is 12.9. The summed E-state index contributed by atoms with van der Waals surface area (Å²) in [6, 6.07) is 6.79. The number of tetrazole rings is 1. The highest BCUT2D eigenvalue weighted by atomic mass is 19.1. The van der Waals surface area contributed by atoms with Gasteiger partial charge in [0.25, 0.3) is 0 Å². The Kier molecular flexibility index (Phi) is 4.92. The lowest BCUT2D eigenvalue weighted by molar-refractivity contribution is -0.122. The number of nitrogens with zero attached hydrogens (tertiary/aromatic N) is 5. The topological polar surface area (TPSA) is 75.9 Å². The molecule has 3 rings (SSSR count). The molecule has 2 aromatic rings. The molecule has 0 bridgehead atoms. The third kappa shape index (κ3) is 4.56. The van der Waals surface area contributed by atoms with Crippen LogP contribution in [-0.2, 0) is 17.9 Å². The van der Waals surface area contributed by atoms with Gasteiger partial charge in [0.05, 0.1) is 0 Å². The quantitative estimate of drug-likeness (QED) is 0.873. The first-order valence-corrected chi connectivity index (χ1v) is 7.66. The van der Waals surface area contributed by atoms with Gasteiger partial charge in [-0.25, -0.2) is 9.07 Å². The van der Waals surface area contributed by atoms with Gasteiger partial charge in [-0.15, -0.1) is 5.10 Å². The van der Waals surface area contributed by atoms with Crippen molar-refractivity contribution < 1.29 is 9.18 Å². The molecule has 1 aromatic heterocycles. The van der Waals surface area contributed by atoms with Crippen LogP contribution in [0.4, 0.5) is 4.39 Å². The Hall–Kier alpha value is -2.35. The van der Waals surface area contributed by atoms with Gasteiger partial charge in [-0.05, 0) is 41.0 Å². The predicted octanol–water partition coefficient (Wildman–Crippen LogP) is 0.593. The summed E-state index contributed by atoms with van der Waals surface area (Å²) >= 11 is 0. The zero-order chi connectivity index (χ0) is 16.1. The molecule has 1 amide bonds. The number of carbonyl (C=O) groups excluding carboxylic acids is 1. The minimum absolute atomic E-state index is 0.0747. The Labute approximate surface area is 133 Å². The molecule has 1 aliphatic rings. The largest absolute Gasteiger partial charge is 0.352 e. The van der Waals surface area contributed by atoms with Gasteiger partial charge in [-0.2, -0.15) is 0 Å². The zero-order valence-corrected chi connectivity index (χ0v) is 12.7. The number of nitrogens with one attached hydrogen (secondary N) is 1. The van der Waals surface area contributed by atoms with Crippen molar-refractivity contribution in [3.8, 4) is 0 Å². The standard InChI is InChI=1S/C15H19FN6O/c16-13-3-1-12(2-4-13)9-21-7-5-14(6-8-21)18-15(23)10-22-11-17-19-20-22/h1-4,11,14H,5-10H2,(H,18,23). The van der Waals surface area contributed by atoms with Crippen LogP contribution in [0.2, 0.25) is 0 Å². The van der Waals surface area contributed by atoms with E-state index in [-0.39, 0.29) is 24.3 Å². The van der Waals surface area contributed by atoms with E-state index in [1.54, 1.807) is 0 Å². The lowest BCUT2D eigenvalue weighted by atomic mass is 10.0. The summed E-state index contributed by atoms with van der Waals surface area (Å²) in [5, 5.41) is 13.7. The number of piperidine rings is 1. The fourth-order valence-electron chi connectivity index (χ4n) is 2.76. The van der Waals surface area contributed by atoms with Crippen LogP contribution in [0.15, 0.2) is 30.6 Å². The molecule has 1 saturated heterocycles. The van der Waals surface area contributed by atoms with E-state index >= 15 is 0 Å². The van der Waals surface area contributed by atoms with Crippen LogP contribution in [0.25, 0.3) is 0 Å². The monoisotopic (exact) mass is 318 g/mol. The Balaban J connectivity index is 1.41. The first-order chi connectivity index (χ1) is 11.2. The number of hydrogen-bond donors (Lipinski definition) is 1. The third-order valence-electron chi connectivity index (χ3n) is 3.97. The second-order valence-corrected chi connectivity index (χ2v) is 5.75. The molecule has 2 heterocycles. The molecule has 1 aliphatic heterocycles. The SMILES string of the molecule is O=C(Cn1cnnn1)NC1CCN(Cc2ccc(F)cc2)CC1. The van der Waals surface area contributed by atoms with Gasteiger partial charge in [0.15, 0.2) is 0 Å². The molecule has 0 atom stereocenters. The van der Waals surface area contributed by atoms with E-state index < -0.39 is 0 Å². The Morgan fingerprint density at radius 3 is 2.65 bits per heavy atom. The summed E-state index contributed by atoms with van der Waals surface area (Å²) in [7, 11) is 0. The molecule has 0 radical (unpaired) electrons. The minimum Gasteiger partial charge on any atom is -0.352 e. The van der Waals surface area contributed by atoms with Crippen molar-refractivity contribution in [2.75, 3.05) is 13.1 Å². The van der Waals surface area contributed by atoms with Gasteiger partial charge in [-0.3, -0.25) is 9.69 Å². The van der Waals surface area contributed by atoms with E-state index in [9.17, 15) is 9.18 Å². The predicted molar refractivity (Wildman–Crippen MR) is 80.7 cm³/mol. The molecule has 122 valence electrons.